The molecule has 1 aliphatic rings. The molecule has 0 bridgehead atoms. The molecule has 1 fully saturated rings. The number of rotatable bonds is 6. The predicted molar refractivity (Wildman–Crippen MR) is 53.2 cm³/mol. The molecule has 3 N–H and O–H groups in total. The van der Waals surface area contributed by atoms with Gasteiger partial charge in [-0.25, -0.2) is 0 Å². The molecule has 3 heteroatoms. The Morgan fingerprint density at radius 3 is 2.77 bits per heavy atom. The van der Waals surface area contributed by atoms with Crippen LogP contribution in [-0.2, 0) is 4.79 Å². The van der Waals surface area contributed by atoms with Crippen LogP contribution >= 0.6 is 0 Å². The second-order valence-corrected chi connectivity index (χ2v) is 3.85. The maximum absolute atomic E-state index is 11.3. The van der Waals surface area contributed by atoms with E-state index in [9.17, 15) is 4.79 Å². The van der Waals surface area contributed by atoms with Crippen molar-refractivity contribution in [2.24, 2.45) is 11.7 Å². The van der Waals surface area contributed by atoms with E-state index in [0.717, 1.165) is 12.8 Å². The lowest BCUT2D eigenvalue weighted by molar-refractivity contribution is -0.122. The number of amides is 1. The summed E-state index contributed by atoms with van der Waals surface area (Å²) in [6.07, 6.45) is 5.17. The predicted octanol–water partition coefficient (Wildman–Crippen LogP) is 1.03. The second-order valence-electron chi connectivity index (χ2n) is 3.85. The molecule has 0 radical (unpaired) electrons. The summed E-state index contributed by atoms with van der Waals surface area (Å²) >= 11 is 0. The van der Waals surface area contributed by atoms with Gasteiger partial charge in [-0.2, -0.15) is 0 Å². The van der Waals surface area contributed by atoms with E-state index in [1.165, 1.54) is 12.8 Å². The zero-order valence-corrected chi connectivity index (χ0v) is 8.38. The van der Waals surface area contributed by atoms with Gasteiger partial charge in [-0.1, -0.05) is 13.3 Å². The van der Waals surface area contributed by atoms with Crippen LogP contribution in [0.2, 0.25) is 0 Å². The third-order valence-corrected chi connectivity index (χ3v) is 2.55. The van der Waals surface area contributed by atoms with E-state index in [4.69, 9.17) is 5.73 Å². The van der Waals surface area contributed by atoms with Crippen LogP contribution in [0, 0.1) is 5.92 Å². The first-order valence-electron chi connectivity index (χ1n) is 5.27. The van der Waals surface area contributed by atoms with E-state index in [0.29, 0.717) is 18.9 Å². The summed E-state index contributed by atoms with van der Waals surface area (Å²) < 4.78 is 0. The number of hydrogen-bond acceptors (Lipinski definition) is 2. The van der Waals surface area contributed by atoms with Crippen LogP contribution < -0.4 is 11.1 Å². The highest BCUT2D eigenvalue weighted by molar-refractivity contribution is 5.76. The van der Waals surface area contributed by atoms with Crippen molar-refractivity contribution >= 4 is 5.91 Å². The Bertz CT molecular complexity index is 166. The molecule has 76 valence electrons. The molecule has 0 aromatic carbocycles. The minimum atomic E-state index is 0.171. The van der Waals surface area contributed by atoms with Crippen molar-refractivity contribution in [3.8, 4) is 0 Å². The Labute approximate surface area is 80.1 Å². The van der Waals surface area contributed by atoms with E-state index < -0.39 is 0 Å². The Balaban J connectivity index is 2.16. The van der Waals surface area contributed by atoms with E-state index in [1.54, 1.807) is 0 Å². The lowest BCUT2D eigenvalue weighted by Gasteiger charge is -2.15. The number of unbranched alkanes of at least 4 members (excludes halogenated alkanes) is 1. The first kappa shape index (κ1) is 10.5. The molecule has 1 unspecified atom stereocenters. The fraction of sp³-hybridized carbons (Fsp3) is 0.900. The first-order valence-corrected chi connectivity index (χ1v) is 5.27. The molecule has 0 aromatic rings. The minimum Gasteiger partial charge on any atom is -0.352 e. The summed E-state index contributed by atoms with van der Waals surface area (Å²) in [5.74, 6) is 0.833. The van der Waals surface area contributed by atoms with E-state index in [-0.39, 0.29) is 11.9 Å². The zero-order chi connectivity index (χ0) is 9.68. The van der Waals surface area contributed by atoms with Crippen molar-refractivity contribution in [2.45, 2.75) is 45.1 Å². The summed E-state index contributed by atoms with van der Waals surface area (Å²) in [5.41, 5.74) is 5.58. The molecular formula is C10H20N2O. The Morgan fingerprint density at radius 1 is 1.62 bits per heavy atom. The molecular weight excluding hydrogens is 164 g/mol. The average molecular weight is 184 g/mol. The molecule has 1 amide bonds. The Hall–Kier alpha value is -0.570. The van der Waals surface area contributed by atoms with Crippen molar-refractivity contribution in [3.63, 3.8) is 0 Å². The van der Waals surface area contributed by atoms with Gasteiger partial charge in [0.25, 0.3) is 0 Å². The van der Waals surface area contributed by atoms with Crippen LogP contribution in [0.3, 0.4) is 0 Å². The summed E-state index contributed by atoms with van der Waals surface area (Å²) in [5, 5.41) is 3.00. The van der Waals surface area contributed by atoms with Crippen LogP contribution in [0.4, 0.5) is 0 Å². The summed E-state index contributed by atoms with van der Waals surface area (Å²) in [7, 11) is 0. The minimum absolute atomic E-state index is 0.171. The maximum atomic E-state index is 11.3. The quantitative estimate of drug-likeness (QED) is 0.648. The summed E-state index contributed by atoms with van der Waals surface area (Å²) in [6, 6.07) is 0.240. The van der Waals surface area contributed by atoms with Gasteiger partial charge in [0.15, 0.2) is 0 Å². The van der Waals surface area contributed by atoms with E-state index >= 15 is 0 Å². The fourth-order valence-electron chi connectivity index (χ4n) is 1.48. The maximum Gasteiger partial charge on any atom is 0.220 e. The molecule has 1 atom stereocenters. The van der Waals surface area contributed by atoms with Gasteiger partial charge in [-0.3, -0.25) is 4.79 Å². The van der Waals surface area contributed by atoms with Gasteiger partial charge in [-0.15, -0.1) is 0 Å². The first-order chi connectivity index (χ1) is 6.27. The van der Waals surface area contributed by atoms with Gasteiger partial charge < -0.3 is 11.1 Å². The van der Waals surface area contributed by atoms with Crippen molar-refractivity contribution in [1.82, 2.24) is 5.32 Å². The average Bonchev–Trinajstić information content (AvgIpc) is 2.94. The topological polar surface area (TPSA) is 55.1 Å². The number of carbonyl (C=O) groups is 1. The Morgan fingerprint density at radius 2 is 2.31 bits per heavy atom. The molecule has 0 aliphatic heterocycles. The fourth-order valence-corrected chi connectivity index (χ4v) is 1.48. The third kappa shape index (κ3) is 3.77. The lowest BCUT2D eigenvalue weighted by atomic mass is 10.1. The highest BCUT2D eigenvalue weighted by atomic mass is 16.1. The van der Waals surface area contributed by atoms with Gasteiger partial charge in [0.1, 0.15) is 0 Å². The molecule has 1 aliphatic carbocycles. The van der Waals surface area contributed by atoms with Gasteiger partial charge >= 0.3 is 0 Å². The molecule has 1 rings (SSSR count). The smallest absolute Gasteiger partial charge is 0.220 e. The monoisotopic (exact) mass is 184 g/mol. The number of nitrogens with two attached hydrogens (primary N) is 1. The number of hydrogen-bond donors (Lipinski definition) is 2. The molecule has 0 saturated heterocycles. The van der Waals surface area contributed by atoms with Gasteiger partial charge in [0.2, 0.25) is 5.91 Å². The van der Waals surface area contributed by atoms with E-state index in [2.05, 4.69) is 12.2 Å². The van der Waals surface area contributed by atoms with Gasteiger partial charge in [0, 0.05) is 19.0 Å². The summed E-state index contributed by atoms with van der Waals surface area (Å²) in [4.78, 5) is 11.3. The van der Waals surface area contributed by atoms with Crippen LogP contribution in [-0.4, -0.2) is 18.5 Å². The van der Waals surface area contributed by atoms with Gasteiger partial charge in [-0.05, 0) is 25.2 Å². The molecule has 0 aromatic heterocycles. The SMILES string of the molecule is CCCCC(=O)NC(CN)C1CC1. The highest BCUT2D eigenvalue weighted by Gasteiger charge is 2.30. The van der Waals surface area contributed by atoms with Crippen molar-refractivity contribution in [2.75, 3.05) is 6.54 Å². The third-order valence-electron chi connectivity index (χ3n) is 2.55. The van der Waals surface area contributed by atoms with Crippen molar-refractivity contribution < 1.29 is 4.79 Å². The second kappa shape index (κ2) is 5.22. The van der Waals surface area contributed by atoms with Crippen molar-refractivity contribution in [3.05, 3.63) is 0 Å². The number of carbonyl (C=O) groups excluding carboxylic acids is 1. The lowest BCUT2D eigenvalue weighted by Crippen LogP contribution is -2.41. The normalized spacial score (nSPS) is 18.3. The van der Waals surface area contributed by atoms with Crippen LogP contribution in [0.1, 0.15) is 39.0 Å². The molecule has 13 heavy (non-hydrogen) atoms. The summed E-state index contributed by atoms with van der Waals surface area (Å²) in [6.45, 7) is 2.68. The molecule has 0 spiro atoms. The van der Waals surface area contributed by atoms with E-state index in [1.807, 2.05) is 0 Å². The zero-order valence-electron chi connectivity index (χ0n) is 8.38. The van der Waals surface area contributed by atoms with Crippen molar-refractivity contribution in [1.29, 1.82) is 0 Å². The molecule has 3 nitrogen and oxygen atoms in total. The van der Waals surface area contributed by atoms with Crippen LogP contribution in [0.5, 0.6) is 0 Å². The highest BCUT2D eigenvalue weighted by Crippen LogP contribution is 2.32. The van der Waals surface area contributed by atoms with Crippen LogP contribution in [0.25, 0.3) is 0 Å². The van der Waals surface area contributed by atoms with Gasteiger partial charge in [0.05, 0.1) is 0 Å². The number of nitrogens with one attached hydrogen (secondary N) is 1. The molecule has 1 saturated carbocycles. The largest absolute Gasteiger partial charge is 0.352 e. The molecule has 0 heterocycles. The van der Waals surface area contributed by atoms with Crippen LogP contribution in [0.15, 0.2) is 0 Å². The Kier molecular flexibility index (Phi) is 4.22. The standard InChI is InChI=1S/C10H20N2O/c1-2-3-4-10(13)12-9(7-11)8-5-6-8/h8-9H,2-7,11H2,1H3,(H,12,13).